The first-order valence-corrected chi connectivity index (χ1v) is 2.98. The van der Waals surface area contributed by atoms with Crippen molar-refractivity contribution in [2.75, 3.05) is 13.7 Å². The van der Waals surface area contributed by atoms with Gasteiger partial charge in [-0.25, -0.2) is 0 Å². The van der Waals surface area contributed by atoms with E-state index in [2.05, 4.69) is 4.99 Å². The van der Waals surface area contributed by atoms with Gasteiger partial charge >= 0.3 is 0 Å². The Labute approximate surface area is 59.7 Å². The molecule has 1 unspecified atom stereocenters. The van der Waals surface area contributed by atoms with Gasteiger partial charge < -0.3 is 11.1 Å². The summed E-state index contributed by atoms with van der Waals surface area (Å²) in [5.41, 5.74) is 4.50. The molecule has 0 aromatic carbocycles. The Kier molecular flexibility index (Phi) is 3.79. The molecule has 0 aromatic heterocycles. The molecule has 0 aromatic rings. The van der Waals surface area contributed by atoms with E-state index in [9.17, 15) is 4.39 Å². The van der Waals surface area contributed by atoms with Crippen LogP contribution in [0.1, 0.15) is 6.42 Å². The molecule has 4 heteroatoms. The summed E-state index contributed by atoms with van der Waals surface area (Å²) < 4.78 is 11.8. The monoisotopic (exact) mass is 145 g/mol. The number of aliphatic imine (C=N–C) groups is 1. The van der Waals surface area contributed by atoms with Crippen LogP contribution < -0.4 is 5.73 Å². The zero-order valence-corrected chi connectivity index (χ0v) is 5.97. The molecule has 0 saturated heterocycles. The van der Waals surface area contributed by atoms with E-state index in [0.29, 0.717) is 0 Å². The fourth-order valence-corrected chi connectivity index (χ4v) is 0.578. The molecule has 10 heavy (non-hydrogen) atoms. The lowest BCUT2D eigenvalue weighted by atomic mass is 10.0. The molecule has 0 fully saturated rings. The van der Waals surface area contributed by atoms with Crippen molar-refractivity contribution in [1.82, 2.24) is 0 Å². The minimum Gasteiger partial charge on any atom is -0.316 e. The Morgan fingerprint density at radius 3 is 2.70 bits per heavy atom. The molecule has 0 heterocycles. The van der Waals surface area contributed by atoms with E-state index in [1.54, 1.807) is 7.05 Å². The van der Waals surface area contributed by atoms with Crippen molar-refractivity contribution in [2.45, 2.75) is 12.0 Å². The van der Waals surface area contributed by atoms with Crippen LogP contribution in [0, 0.1) is 5.41 Å². The van der Waals surface area contributed by atoms with E-state index in [-0.39, 0.29) is 6.42 Å². The molecule has 0 aliphatic rings. The minimum atomic E-state index is -0.983. The van der Waals surface area contributed by atoms with Crippen molar-refractivity contribution in [3.63, 3.8) is 0 Å². The number of hydrogen-bond donors (Lipinski definition) is 2. The van der Waals surface area contributed by atoms with Gasteiger partial charge in [-0.05, 0) is 0 Å². The van der Waals surface area contributed by atoms with Gasteiger partial charge in [0.2, 0.25) is 0 Å². The number of halogens is 1. The van der Waals surface area contributed by atoms with Crippen LogP contribution in [0.15, 0.2) is 4.99 Å². The van der Waals surface area contributed by atoms with Crippen LogP contribution in [-0.2, 0) is 0 Å². The number of hydrogen-bond acceptors (Lipinski definition) is 3. The predicted molar refractivity (Wildman–Crippen MR) is 40.7 cm³/mol. The molecule has 1 atom stereocenters. The lowest BCUT2D eigenvalue weighted by molar-refractivity contribution is 0.448. The van der Waals surface area contributed by atoms with Crippen molar-refractivity contribution < 1.29 is 4.39 Å². The van der Waals surface area contributed by atoms with Crippen molar-refractivity contribution in [2.24, 2.45) is 10.7 Å². The number of nitrogens with two attached hydrogens (primary N) is 1. The second-order valence-corrected chi connectivity index (χ2v) is 2.08. The lowest BCUT2D eigenvalue weighted by Crippen LogP contribution is -2.43. The molecule has 0 bridgehead atoms. The lowest BCUT2D eigenvalue weighted by Gasteiger charge is -2.16. The molecular formula is C6H12FN3. The topological polar surface area (TPSA) is 62.2 Å². The van der Waals surface area contributed by atoms with Gasteiger partial charge in [0.1, 0.15) is 0 Å². The normalized spacial score (nSPS) is 17.1. The van der Waals surface area contributed by atoms with E-state index < -0.39 is 12.2 Å². The summed E-state index contributed by atoms with van der Waals surface area (Å²) in [6.45, 7) is -0.530. The first-order valence-electron chi connectivity index (χ1n) is 2.98. The van der Waals surface area contributed by atoms with Crippen molar-refractivity contribution >= 4 is 12.4 Å². The average molecular weight is 145 g/mol. The first kappa shape index (κ1) is 9.23. The maximum atomic E-state index is 11.8. The molecular weight excluding hydrogens is 133 g/mol. The predicted octanol–water partition coefficient (Wildman–Crippen LogP) is 0.394. The van der Waals surface area contributed by atoms with Crippen molar-refractivity contribution in [3.8, 4) is 0 Å². The number of alkyl halides is 1. The molecule has 0 saturated carbocycles. The molecule has 0 rings (SSSR count). The van der Waals surface area contributed by atoms with Gasteiger partial charge in [0, 0.05) is 25.9 Å². The minimum absolute atomic E-state index is 0.119. The van der Waals surface area contributed by atoms with Gasteiger partial charge in [-0.1, -0.05) is 0 Å². The summed E-state index contributed by atoms with van der Waals surface area (Å²) in [6, 6.07) is 0. The van der Waals surface area contributed by atoms with E-state index in [1.165, 1.54) is 6.21 Å². The zero-order chi connectivity index (χ0) is 8.04. The van der Waals surface area contributed by atoms with Crippen LogP contribution in [0.5, 0.6) is 0 Å². The zero-order valence-electron chi connectivity index (χ0n) is 5.97. The van der Waals surface area contributed by atoms with Crippen molar-refractivity contribution in [1.29, 1.82) is 5.41 Å². The Morgan fingerprint density at radius 1 is 1.80 bits per heavy atom. The molecule has 58 valence electrons. The fourth-order valence-electron chi connectivity index (χ4n) is 0.578. The van der Waals surface area contributed by atoms with Gasteiger partial charge in [-0.2, -0.15) is 0 Å². The third-order valence-corrected chi connectivity index (χ3v) is 1.17. The fraction of sp³-hybridized carbons (Fsp3) is 0.667. The average Bonchev–Trinajstić information content (AvgIpc) is 1.89. The van der Waals surface area contributed by atoms with Crippen LogP contribution in [0.2, 0.25) is 0 Å². The SMILES string of the molecule is C/N=C/C(N)(C=N)CCF. The smallest absolute Gasteiger partial charge is 0.0919 e. The first-order chi connectivity index (χ1) is 4.68. The van der Waals surface area contributed by atoms with Crippen molar-refractivity contribution in [3.05, 3.63) is 0 Å². The molecule has 0 spiro atoms. The summed E-state index contributed by atoms with van der Waals surface area (Å²) in [4.78, 5) is 3.63. The van der Waals surface area contributed by atoms with E-state index in [4.69, 9.17) is 11.1 Å². The highest BCUT2D eigenvalue weighted by molar-refractivity contribution is 5.92. The van der Waals surface area contributed by atoms with Gasteiger partial charge in [-0.3, -0.25) is 9.38 Å². The van der Waals surface area contributed by atoms with E-state index >= 15 is 0 Å². The third-order valence-electron chi connectivity index (χ3n) is 1.17. The van der Waals surface area contributed by atoms with Gasteiger partial charge in [0.15, 0.2) is 0 Å². The summed E-state index contributed by atoms with van der Waals surface area (Å²) in [7, 11) is 1.54. The highest BCUT2D eigenvalue weighted by atomic mass is 19.1. The quantitative estimate of drug-likeness (QED) is 0.552. The van der Waals surface area contributed by atoms with Gasteiger partial charge in [0.05, 0.1) is 12.2 Å². The molecule has 0 aliphatic heterocycles. The second kappa shape index (κ2) is 4.11. The maximum absolute atomic E-state index is 11.8. The molecule has 0 amide bonds. The Morgan fingerprint density at radius 2 is 2.40 bits per heavy atom. The standard InChI is InChI=1S/C6H12FN3/c1-10-5-6(9,4-8)2-3-7/h4-5,8H,2-3,9H2,1H3/b8-4?,10-5+. The maximum Gasteiger partial charge on any atom is 0.0919 e. The van der Waals surface area contributed by atoms with Crippen LogP contribution in [-0.4, -0.2) is 31.7 Å². The van der Waals surface area contributed by atoms with Crippen LogP contribution in [0.3, 0.4) is 0 Å². The molecule has 0 radical (unpaired) electrons. The van der Waals surface area contributed by atoms with Gasteiger partial charge in [-0.15, -0.1) is 0 Å². The summed E-state index contributed by atoms with van der Waals surface area (Å²) in [6.07, 6.45) is 2.49. The Bertz CT molecular complexity index is 135. The van der Waals surface area contributed by atoms with Crippen LogP contribution in [0.4, 0.5) is 4.39 Å². The van der Waals surface area contributed by atoms with Crippen LogP contribution in [0.25, 0.3) is 0 Å². The highest BCUT2D eigenvalue weighted by Crippen LogP contribution is 1.99. The molecule has 0 aliphatic carbocycles. The summed E-state index contributed by atoms with van der Waals surface area (Å²) in [5, 5.41) is 6.86. The number of nitrogens with zero attached hydrogens (tertiary/aromatic N) is 1. The number of nitrogens with one attached hydrogen (secondary N) is 1. The molecule has 3 N–H and O–H groups in total. The molecule has 3 nitrogen and oxygen atoms in total. The van der Waals surface area contributed by atoms with E-state index in [1.807, 2.05) is 0 Å². The Balaban J connectivity index is 4.07. The van der Waals surface area contributed by atoms with E-state index in [0.717, 1.165) is 6.21 Å². The largest absolute Gasteiger partial charge is 0.316 e. The summed E-state index contributed by atoms with van der Waals surface area (Å²) in [5.74, 6) is 0. The van der Waals surface area contributed by atoms with Crippen LogP contribution >= 0.6 is 0 Å². The summed E-state index contributed by atoms with van der Waals surface area (Å²) >= 11 is 0. The Hall–Kier alpha value is -0.770. The van der Waals surface area contributed by atoms with Gasteiger partial charge in [0.25, 0.3) is 0 Å². The third kappa shape index (κ3) is 2.68. The second-order valence-electron chi connectivity index (χ2n) is 2.08. The highest BCUT2D eigenvalue weighted by Gasteiger charge is 2.17. The number of rotatable bonds is 4.